The Morgan fingerprint density at radius 1 is 1.14 bits per heavy atom. The fraction of sp³-hybridized carbons (Fsp3) is 0.577. The highest BCUT2D eigenvalue weighted by Crippen LogP contribution is 2.37. The van der Waals surface area contributed by atoms with Crippen LogP contribution in [0.5, 0.6) is 0 Å². The van der Waals surface area contributed by atoms with Gasteiger partial charge < -0.3 is 34.5 Å². The minimum Gasteiger partial charge on any atom is -0.465 e. The molecule has 0 aliphatic carbocycles. The molecule has 42 heavy (non-hydrogen) atoms. The third kappa shape index (κ3) is 6.05. The molecule has 0 bridgehead atoms. The fourth-order valence-corrected chi connectivity index (χ4v) is 5.74. The molecular weight excluding hydrogens is 567 g/mol. The number of hydrogen-bond acceptors (Lipinski definition) is 10. The van der Waals surface area contributed by atoms with E-state index in [9.17, 15) is 38.1 Å². The van der Waals surface area contributed by atoms with Crippen molar-refractivity contribution in [2.24, 2.45) is 11.1 Å². The van der Waals surface area contributed by atoms with Crippen LogP contribution in [0.3, 0.4) is 0 Å². The molecule has 0 saturated carbocycles. The number of hydrogen-bond donors (Lipinski definition) is 3. The van der Waals surface area contributed by atoms with Crippen LogP contribution in [0.25, 0.3) is 11.3 Å². The van der Waals surface area contributed by atoms with Gasteiger partial charge in [0, 0.05) is 44.3 Å². The molecule has 228 valence electrons. The van der Waals surface area contributed by atoms with Crippen LogP contribution in [-0.2, 0) is 19.1 Å². The second-order valence-corrected chi connectivity index (χ2v) is 10.6. The van der Waals surface area contributed by atoms with E-state index in [-0.39, 0.29) is 23.6 Å². The SMILES string of the molecule is CC(=O)O[C@@H]1[C@@H](n2cc(-c3cc(F)c(F)c(F)c3)nn2)[C@@H](O)[C@@H](CO)O[C@@H]1CC1CC(C2CCN(C(=O)O)CC2)=NO1. The molecule has 3 aliphatic rings. The predicted octanol–water partition coefficient (Wildman–Crippen LogP) is 1.88. The molecule has 1 unspecified atom stereocenters. The van der Waals surface area contributed by atoms with E-state index in [0.717, 1.165) is 22.5 Å². The lowest BCUT2D eigenvalue weighted by molar-refractivity contribution is -0.223. The van der Waals surface area contributed by atoms with E-state index in [1.54, 1.807) is 0 Å². The van der Waals surface area contributed by atoms with Crippen LogP contribution in [-0.4, -0.2) is 103 Å². The van der Waals surface area contributed by atoms with Crippen molar-refractivity contribution < 1.29 is 52.4 Å². The summed E-state index contributed by atoms with van der Waals surface area (Å²) in [5.41, 5.74) is 0.632. The first kappa shape index (κ1) is 29.7. The Morgan fingerprint density at radius 3 is 2.45 bits per heavy atom. The van der Waals surface area contributed by atoms with Crippen molar-refractivity contribution in [1.29, 1.82) is 0 Å². The molecule has 6 atom stereocenters. The zero-order valence-corrected chi connectivity index (χ0v) is 22.5. The van der Waals surface area contributed by atoms with Gasteiger partial charge in [-0.1, -0.05) is 10.4 Å². The number of oxime groups is 1. The van der Waals surface area contributed by atoms with E-state index in [1.165, 1.54) is 18.0 Å². The highest BCUT2D eigenvalue weighted by molar-refractivity contribution is 5.88. The zero-order valence-electron chi connectivity index (χ0n) is 22.5. The molecule has 4 heterocycles. The van der Waals surface area contributed by atoms with Crippen LogP contribution in [0.1, 0.15) is 38.6 Å². The van der Waals surface area contributed by atoms with Gasteiger partial charge in [-0.2, -0.15) is 0 Å². The van der Waals surface area contributed by atoms with Crippen molar-refractivity contribution in [2.75, 3.05) is 19.7 Å². The van der Waals surface area contributed by atoms with E-state index >= 15 is 0 Å². The molecule has 2 saturated heterocycles. The Hall–Kier alpha value is -3.76. The summed E-state index contributed by atoms with van der Waals surface area (Å²) in [6, 6.07) is 0.357. The third-order valence-corrected chi connectivity index (χ3v) is 7.85. The van der Waals surface area contributed by atoms with E-state index in [2.05, 4.69) is 15.5 Å². The van der Waals surface area contributed by atoms with Crippen molar-refractivity contribution in [3.05, 3.63) is 35.8 Å². The number of amides is 1. The van der Waals surface area contributed by atoms with Gasteiger partial charge in [-0.25, -0.2) is 22.6 Å². The van der Waals surface area contributed by atoms with Crippen LogP contribution in [0.4, 0.5) is 18.0 Å². The lowest BCUT2D eigenvalue weighted by Crippen LogP contribution is -2.57. The maximum Gasteiger partial charge on any atom is 0.407 e. The molecule has 16 heteroatoms. The zero-order chi connectivity index (χ0) is 30.1. The van der Waals surface area contributed by atoms with Gasteiger partial charge in [-0.05, 0) is 25.0 Å². The largest absolute Gasteiger partial charge is 0.465 e. The van der Waals surface area contributed by atoms with Crippen molar-refractivity contribution in [3.63, 3.8) is 0 Å². The average Bonchev–Trinajstić information content (AvgIpc) is 3.63. The average molecular weight is 598 g/mol. The van der Waals surface area contributed by atoms with Crippen LogP contribution in [0, 0.1) is 23.4 Å². The summed E-state index contributed by atoms with van der Waals surface area (Å²) in [4.78, 5) is 30.3. The van der Waals surface area contributed by atoms with Gasteiger partial charge in [0.15, 0.2) is 23.6 Å². The van der Waals surface area contributed by atoms with E-state index in [4.69, 9.17) is 14.3 Å². The number of benzene rings is 1. The molecule has 1 aromatic carbocycles. The number of aliphatic hydroxyl groups is 2. The van der Waals surface area contributed by atoms with Gasteiger partial charge in [0.2, 0.25) is 0 Å². The number of nitrogens with zero attached hydrogens (tertiary/aromatic N) is 5. The Morgan fingerprint density at radius 2 is 1.83 bits per heavy atom. The Kier molecular flexibility index (Phi) is 8.65. The van der Waals surface area contributed by atoms with Gasteiger partial charge in [-0.3, -0.25) is 4.79 Å². The Balaban J connectivity index is 1.34. The van der Waals surface area contributed by atoms with E-state index in [0.29, 0.717) is 32.4 Å². The number of esters is 1. The highest BCUT2D eigenvalue weighted by Gasteiger charge is 2.50. The van der Waals surface area contributed by atoms with Crippen LogP contribution in [0.15, 0.2) is 23.5 Å². The fourth-order valence-electron chi connectivity index (χ4n) is 5.74. The van der Waals surface area contributed by atoms with Gasteiger partial charge in [0.05, 0.1) is 18.5 Å². The number of carbonyl (C=O) groups excluding carboxylic acids is 1. The summed E-state index contributed by atoms with van der Waals surface area (Å²) in [6.07, 6.45) is -3.03. The van der Waals surface area contributed by atoms with Crippen molar-refractivity contribution >= 4 is 17.8 Å². The predicted molar refractivity (Wildman–Crippen MR) is 136 cm³/mol. The van der Waals surface area contributed by atoms with Crippen molar-refractivity contribution in [1.82, 2.24) is 19.9 Å². The number of likely N-dealkylation sites (tertiary alicyclic amines) is 1. The van der Waals surface area contributed by atoms with Gasteiger partial charge >= 0.3 is 12.1 Å². The van der Waals surface area contributed by atoms with Gasteiger partial charge in [0.1, 0.15) is 36.2 Å². The van der Waals surface area contributed by atoms with Crippen LogP contribution in [0.2, 0.25) is 0 Å². The number of rotatable bonds is 7. The standard InChI is InChI=1S/C26H30F3N5O8/c1-12(36)40-25-20(9-15-8-18(31-42-15)13-2-4-33(5-3-13)26(38)39)41-21(11-35)24(37)23(25)34-10-19(30-32-34)14-6-16(27)22(29)17(28)7-14/h6-7,10,13,15,20-21,23-25,35,37H,2-5,8-9,11H2,1H3,(H,38,39)/t15?,20-,21-,23+,24+,25+/m1/s1. The molecule has 2 fully saturated rings. The number of carbonyl (C=O) groups is 2. The monoisotopic (exact) mass is 597 g/mol. The first-order chi connectivity index (χ1) is 20.0. The normalized spacial score (nSPS) is 28.3. The van der Waals surface area contributed by atoms with Gasteiger partial charge in [-0.15, -0.1) is 5.10 Å². The summed E-state index contributed by atoms with van der Waals surface area (Å²) in [5, 5.41) is 42.3. The van der Waals surface area contributed by atoms with Crippen molar-refractivity contribution in [3.8, 4) is 11.3 Å². The molecule has 3 N–H and O–H groups in total. The maximum atomic E-state index is 13.8. The molecular formula is C26H30F3N5O8. The second-order valence-electron chi connectivity index (χ2n) is 10.6. The minimum absolute atomic E-state index is 0.0451. The molecule has 1 aromatic heterocycles. The summed E-state index contributed by atoms with van der Waals surface area (Å²) >= 11 is 0. The number of aromatic nitrogens is 3. The molecule has 5 rings (SSSR count). The molecule has 13 nitrogen and oxygen atoms in total. The van der Waals surface area contributed by atoms with E-state index < -0.39 is 72.7 Å². The smallest absolute Gasteiger partial charge is 0.407 e. The lowest BCUT2D eigenvalue weighted by atomic mass is 9.86. The lowest BCUT2D eigenvalue weighted by Gasteiger charge is -2.44. The number of carboxylic acid groups (broad SMARTS) is 1. The number of aliphatic hydroxyl groups excluding tert-OH is 2. The molecule has 2 aromatic rings. The highest BCUT2D eigenvalue weighted by atomic mass is 19.2. The van der Waals surface area contributed by atoms with Crippen LogP contribution < -0.4 is 0 Å². The quantitative estimate of drug-likeness (QED) is 0.317. The topological polar surface area (TPSA) is 169 Å². The summed E-state index contributed by atoms with van der Waals surface area (Å²) in [5.74, 6) is -5.12. The number of piperidine rings is 1. The van der Waals surface area contributed by atoms with Crippen LogP contribution >= 0.6 is 0 Å². The Bertz CT molecular complexity index is 1330. The molecule has 1 amide bonds. The second kappa shape index (κ2) is 12.2. The first-order valence-electron chi connectivity index (χ1n) is 13.4. The minimum atomic E-state index is -1.64. The van der Waals surface area contributed by atoms with Gasteiger partial charge in [0.25, 0.3) is 0 Å². The molecule has 0 radical (unpaired) electrons. The summed E-state index contributed by atoms with van der Waals surface area (Å²) < 4.78 is 53.8. The van der Waals surface area contributed by atoms with E-state index in [1.807, 2.05) is 0 Å². The van der Waals surface area contributed by atoms with Crippen molar-refractivity contribution in [2.45, 2.75) is 69.2 Å². The number of halogens is 3. The summed E-state index contributed by atoms with van der Waals surface area (Å²) in [6.45, 7) is 1.36. The number of ether oxygens (including phenoxy) is 2. The first-order valence-corrected chi connectivity index (χ1v) is 13.4. The molecule has 3 aliphatic heterocycles. The molecule has 0 spiro atoms. The maximum absolute atomic E-state index is 13.8. The Labute approximate surface area is 237 Å². The summed E-state index contributed by atoms with van der Waals surface area (Å²) in [7, 11) is 0. The third-order valence-electron chi connectivity index (χ3n) is 7.85.